The lowest BCUT2D eigenvalue weighted by molar-refractivity contribution is -0.143. The molecule has 0 saturated carbocycles. The number of piperazine rings is 1. The van der Waals surface area contributed by atoms with Crippen LogP contribution in [0.2, 0.25) is 0 Å². The summed E-state index contributed by atoms with van der Waals surface area (Å²) in [7, 11) is 0. The highest BCUT2D eigenvalue weighted by Crippen LogP contribution is 2.25. The summed E-state index contributed by atoms with van der Waals surface area (Å²) >= 11 is 0. The van der Waals surface area contributed by atoms with E-state index < -0.39 is 12.2 Å². The van der Waals surface area contributed by atoms with Crippen molar-refractivity contribution < 1.29 is 19.7 Å². The Morgan fingerprint density at radius 1 is 0.971 bits per heavy atom. The first-order valence-electron chi connectivity index (χ1n) is 13.1. The van der Waals surface area contributed by atoms with Gasteiger partial charge in [0.25, 0.3) is 5.91 Å². The van der Waals surface area contributed by atoms with Crippen LogP contribution in [0.4, 0.5) is 5.69 Å². The Hall–Kier alpha value is -1.71. The molecular weight excluding hydrogens is 432 g/mol. The second-order valence-electron chi connectivity index (χ2n) is 10.1. The third-order valence-electron chi connectivity index (χ3n) is 7.58. The number of ether oxygens (including phenoxy) is 1. The molecule has 3 N–H and O–H groups in total. The minimum absolute atomic E-state index is 0.00671. The van der Waals surface area contributed by atoms with E-state index in [2.05, 4.69) is 39.1 Å². The summed E-state index contributed by atoms with van der Waals surface area (Å²) in [6.45, 7) is 11.3. The maximum Gasteiger partial charge on any atom is 0.251 e. The van der Waals surface area contributed by atoms with Crippen molar-refractivity contribution in [3.63, 3.8) is 0 Å². The first-order valence-corrected chi connectivity index (χ1v) is 13.1. The zero-order valence-corrected chi connectivity index (χ0v) is 20.6. The SMILES string of the molecule is CCCNC(=O)c1ccc(N2CCC(CN3CCN(CC4OCCC(O)C4O)CC3)CC2)cc1. The lowest BCUT2D eigenvalue weighted by atomic mass is 9.95. The third kappa shape index (κ3) is 6.70. The van der Waals surface area contributed by atoms with Gasteiger partial charge in [0.05, 0.1) is 12.2 Å². The van der Waals surface area contributed by atoms with Crippen molar-refractivity contribution in [3.8, 4) is 0 Å². The average molecular weight is 475 g/mol. The molecule has 8 nitrogen and oxygen atoms in total. The molecule has 0 aliphatic carbocycles. The highest BCUT2D eigenvalue weighted by molar-refractivity contribution is 5.94. The first-order chi connectivity index (χ1) is 16.5. The van der Waals surface area contributed by atoms with E-state index in [0.29, 0.717) is 26.1 Å². The monoisotopic (exact) mass is 474 g/mol. The smallest absolute Gasteiger partial charge is 0.251 e. The van der Waals surface area contributed by atoms with Crippen molar-refractivity contribution in [1.29, 1.82) is 0 Å². The number of aliphatic hydroxyl groups is 2. The van der Waals surface area contributed by atoms with Crippen LogP contribution in [0.5, 0.6) is 0 Å². The number of hydrogen-bond donors (Lipinski definition) is 3. The molecule has 3 unspecified atom stereocenters. The van der Waals surface area contributed by atoms with Gasteiger partial charge in [-0.3, -0.25) is 9.69 Å². The number of nitrogens with one attached hydrogen (secondary N) is 1. The van der Waals surface area contributed by atoms with Gasteiger partial charge in [0.2, 0.25) is 0 Å². The normalized spacial score (nSPS) is 27.6. The maximum absolute atomic E-state index is 12.1. The minimum Gasteiger partial charge on any atom is -0.390 e. The van der Waals surface area contributed by atoms with Crippen molar-refractivity contribution in [2.75, 3.05) is 70.4 Å². The largest absolute Gasteiger partial charge is 0.390 e. The van der Waals surface area contributed by atoms with Crippen LogP contribution in [-0.2, 0) is 4.74 Å². The van der Waals surface area contributed by atoms with E-state index in [1.807, 2.05) is 12.1 Å². The van der Waals surface area contributed by atoms with E-state index in [1.54, 1.807) is 0 Å². The van der Waals surface area contributed by atoms with Crippen LogP contribution < -0.4 is 10.2 Å². The van der Waals surface area contributed by atoms with Gasteiger partial charge in [0, 0.05) is 76.8 Å². The van der Waals surface area contributed by atoms with E-state index in [-0.39, 0.29) is 12.0 Å². The van der Waals surface area contributed by atoms with Crippen LogP contribution in [0.25, 0.3) is 0 Å². The Morgan fingerprint density at radius 3 is 2.26 bits per heavy atom. The highest BCUT2D eigenvalue weighted by atomic mass is 16.5. The Kier molecular flexibility index (Phi) is 9.19. The number of amides is 1. The lowest BCUT2D eigenvalue weighted by Crippen LogP contribution is -2.54. The maximum atomic E-state index is 12.1. The molecule has 4 rings (SSSR count). The Morgan fingerprint density at radius 2 is 1.62 bits per heavy atom. The fraction of sp³-hybridized carbons (Fsp3) is 0.731. The molecule has 3 fully saturated rings. The zero-order chi connectivity index (χ0) is 23.9. The van der Waals surface area contributed by atoms with Crippen LogP contribution in [0, 0.1) is 5.92 Å². The predicted octanol–water partition coefficient (Wildman–Crippen LogP) is 1.17. The molecule has 1 amide bonds. The van der Waals surface area contributed by atoms with Crippen LogP contribution in [-0.4, -0.2) is 110 Å². The molecule has 34 heavy (non-hydrogen) atoms. The van der Waals surface area contributed by atoms with Crippen molar-refractivity contribution in [3.05, 3.63) is 29.8 Å². The molecule has 3 saturated heterocycles. The number of rotatable bonds is 8. The Balaban J connectivity index is 1.15. The summed E-state index contributed by atoms with van der Waals surface area (Å²) < 4.78 is 5.70. The fourth-order valence-electron chi connectivity index (χ4n) is 5.33. The minimum atomic E-state index is -0.772. The van der Waals surface area contributed by atoms with Gasteiger partial charge in [-0.1, -0.05) is 6.92 Å². The number of benzene rings is 1. The molecule has 0 spiro atoms. The topological polar surface area (TPSA) is 88.5 Å². The highest BCUT2D eigenvalue weighted by Gasteiger charge is 2.33. The number of hydrogen-bond acceptors (Lipinski definition) is 7. The van der Waals surface area contributed by atoms with Gasteiger partial charge < -0.3 is 30.1 Å². The average Bonchev–Trinajstić information content (AvgIpc) is 2.87. The Bertz CT molecular complexity index is 761. The molecule has 0 aromatic heterocycles. The molecule has 1 aromatic rings. The first kappa shape index (κ1) is 25.4. The standard InChI is InChI=1S/C26H42N4O4/c1-2-10-27-26(33)21-3-5-22(6-4-21)30-11-7-20(8-12-30)18-28-13-15-29(16-14-28)19-24-25(32)23(31)9-17-34-24/h3-6,20,23-25,31-32H,2,7-19H2,1H3,(H,27,33). The van der Waals surface area contributed by atoms with E-state index in [1.165, 1.54) is 18.5 Å². The third-order valence-corrected chi connectivity index (χ3v) is 7.58. The lowest BCUT2D eigenvalue weighted by Gasteiger charge is -2.41. The van der Waals surface area contributed by atoms with E-state index >= 15 is 0 Å². The molecule has 1 aromatic carbocycles. The quantitative estimate of drug-likeness (QED) is 0.521. The van der Waals surface area contributed by atoms with E-state index in [4.69, 9.17) is 4.74 Å². The van der Waals surface area contributed by atoms with Crippen LogP contribution in [0.1, 0.15) is 43.0 Å². The van der Waals surface area contributed by atoms with Crippen LogP contribution >= 0.6 is 0 Å². The predicted molar refractivity (Wildman–Crippen MR) is 133 cm³/mol. The van der Waals surface area contributed by atoms with Gasteiger partial charge in [0.15, 0.2) is 0 Å². The molecule has 190 valence electrons. The summed E-state index contributed by atoms with van der Waals surface area (Å²) in [6, 6.07) is 8.02. The summed E-state index contributed by atoms with van der Waals surface area (Å²) in [5, 5.41) is 23.0. The van der Waals surface area contributed by atoms with E-state index in [9.17, 15) is 15.0 Å². The number of anilines is 1. The van der Waals surface area contributed by atoms with Gasteiger partial charge in [0.1, 0.15) is 6.10 Å². The van der Waals surface area contributed by atoms with Gasteiger partial charge in [-0.15, -0.1) is 0 Å². The summed E-state index contributed by atoms with van der Waals surface area (Å²) in [5.74, 6) is 0.729. The second-order valence-corrected chi connectivity index (χ2v) is 10.1. The number of carbonyl (C=O) groups excluding carboxylic acids is 1. The number of aliphatic hydroxyl groups excluding tert-OH is 2. The van der Waals surface area contributed by atoms with Crippen molar-refractivity contribution >= 4 is 11.6 Å². The molecule has 3 atom stereocenters. The number of nitrogens with zero attached hydrogens (tertiary/aromatic N) is 3. The molecule has 0 radical (unpaired) electrons. The summed E-state index contributed by atoms with van der Waals surface area (Å²) in [4.78, 5) is 19.5. The van der Waals surface area contributed by atoms with Gasteiger partial charge in [-0.25, -0.2) is 0 Å². The van der Waals surface area contributed by atoms with Gasteiger partial charge in [-0.05, 0) is 55.9 Å². The van der Waals surface area contributed by atoms with Crippen molar-refractivity contribution in [1.82, 2.24) is 15.1 Å². The van der Waals surface area contributed by atoms with Crippen LogP contribution in [0.15, 0.2) is 24.3 Å². The van der Waals surface area contributed by atoms with Crippen molar-refractivity contribution in [2.24, 2.45) is 5.92 Å². The molecule has 0 bridgehead atoms. The van der Waals surface area contributed by atoms with E-state index in [0.717, 1.165) is 63.7 Å². The summed E-state index contributed by atoms with van der Waals surface area (Å²) in [6.07, 6.45) is 2.14. The molecule has 3 aliphatic rings. The second kappa shape index (κ2) is 12.3. The van der Waals surface area contributed by atoms with Gasteiger partial charge in [-0.2, -0.15) is 0 Å². The fourth-order valence-corrected chi connectivity index (χ4v) is 5.33. The van der Waals surface area contributed by atoms with Gasteiger partial charge >= 0.3 is 0 Å². The molecule has 3 aliphatic heterocycles. The molecule has 8 heteroatoms. The molecular formula is C26H42N4O4. The van der Waals surface area contributed by atoms with Crippen LogP contribution in [0.3, 0.4) is 0 Å². The Labute approximate surface area is 203 Å². The zero-order valence-electron chi connectivity index (χ0n) is 20.6. The number of piperidine rings is 1. The molecule has 3 heterocycles. The van der Waals surface area contributed by atoms with Crippen molar-refractivity contribution in [2.45, 2.75) is 50.9 Å². The summed E-state index contributed by atoms with van der Waals surface area (Å²) in [5.41, 5.74) is 1.93. The number of carbonyl (C=O) groups is 1.